The van der Waals surface area contributed by atoms with E-state index in [2.05, 4.69) is 14.9 Å². The van der Waals surface area contributed by atoms with Gasteiger partial charge in [0.15, 0.2) is 0 Å². The van der Waals surface area contributed by atoms with E-state index in [1.54, 1.807) is 0 Å². The first kappa shape index (κ1) is 25.7. The van der Waals surface area contributed by atoms with Crippen molar-refractivity contribution >= 4 is 21.6 Å². The van der Waals surface area contributed by atoms with Crippen molar-refractivity contribution in [1.29, 1.82) is 0 Å². The number of nitrogens with zero attached hydrogens (tertiary/aromatic N) is 1. The van der Waals surface area contributed by atoms with Crippen molar-refractivity contribution in [3.05, 3.63) is 59.7 Å². The summed E-state index contributed by atoms with van der Waals surface area (Å²) in [5, 5.41) is 2.50. The van der Waals surface area contributed by atoms with Crippen LogP contribution in [-0.2, 0) is 16.2 Å². The summed E-state index contributed by atoms with van der Waals surface area (Å²) in [7, 11) is -3.83. The van der Waals surface area contributed by atoms with Crippen LogP contribution in [0.3, 0.4) is 0 Å². The second-order valence-corrected chi connectivity index (χ2v) is 11.1. The number of anilines is 1. The van der Waals surface area contributed by atoms with E-state index < -0.39 is 27.7 Å². The SMILES string of the molecule is O=C(Nc1ccc(C(F)(F)F)cc1)c1cccc(S(=O)(=O)NC2CCN(CC3CCCCC3)C2)c1. The minimum Gasteiger partial charge on any atom is -0.322 e. The molecule has 1 atom stereocenters. The number of amides is 1. The fourth-order valence-corrected chi connectivity index (χ4v) is 6.17. The number of benzene rings is 2. The summed E-state index contributed by atoms with van der Waals surface area (Å²) in [6.45, 7) is 2.54. The summed E-state index contributed by atoms with van der Waals surface area (Å²) in [5.41, 5.74) is -0.546. The molecule has 1 heterocycles. The van der Waals surface area contributed by atoms with Gasteiger partial charge in [0, 0.05) is 30.4 Å². The van der Waals surface area contributed by atoms with Crippen molar-refractivity contribution in [2.45, 2.75) is 55.6 Å². The first-order valence-electron chi connectivity index (χ1n) is 11.9. The van der Waals surface area contributed by atoms with E-state index in [-0.39, 0.29) is 22.2 Å². The van der Waals surface area contributed by atoms with Crippen LogP contribution in [0.2, 0.25) is 0 Å². The Morgan fingerprint density at radius 3 is 2.40 bits per heavy atom. The van der Waals surface area contributed by atoms with E-state index in [0.29, 0.717) is 12.5 Å². The van der Waals surface area contributed by atoms with Gasteiger partial charge in [-0.3, -0.25) is 4.79 Å². The number of hydrogen-bond donors (Lipinski definition) is 2. The molecular formula is C25H30F3N3O3S. The van der Waals surface area contributed by atoms with E-state index in [4.69, 9.17) is 0 Å². The van der Waals surface area contributed by atoms with Crippen molar-refractivity contribution in [3.63, 3.8) is 0 Å². The Kier molecular flexibility index (Phi) is 7.83. The number of sulfonamides is 1. The van der Waals surface area contributed by atoms with Gasteiger partial charge < -0.3 is 10.2 Å². The third kappa shape index (κ3) is 6.83. The largest absolute Gasteiger partial charge is 0.416 e. The molecule has 1 unspecified atom stereocenters. The molecule has 1 aliphatic carbocycles. The standard InChI is InChI=1S/C25H30F3N3O3S/c26-25(27,28)20-9-11-21(12-10-20)29-24(32)19-7-4-8-23(15-19)35(33,34)30-22-13-14-31(17-22)16-18-5-2-1-3-6-18/h4,7-12,15,18,22,30H,1-3,5-6,13-14,16-17H2,(H,29,32). The fraction of sp³-hybridized carbons (Fsp3) is 0.480. The highest BCUT2D eigenvalue weighted by molar-refractivity contribution is 7.89. The molecule has 1 saturated heterocycles. The number of halogens is 3. The maximum absolute atomic E-state index is 13.0. The molecule has 2 aromatic rings. The zero-order valence-electron chi connectivity index (χ0n) is 19.4. The zero-order chi connectivity index (χ0) is 25.1. The maximum Gasteiger partial charge on any atom is 0.416 e. The summed E-state index contributed by atoms with van der Waals surface area (Å²) < 4.78 is 66.9. The Labute approximate surface area is 203 Å². The van der Waals surface area contributed by atoms with Gasteiger partial charge in [-0.25, -0.2) is 13.1 Å². The molecule has 1 saturated carbocycles. The van der Waals surface area contributed by atoms with Crippen LogP contribution in [0.15, 0.2) is 53.4 Å². The quantitative estimate of drug-likeness (QED) is 0.557. The highest BCUT2D eigenvalue weighted by Crippen LogP contribution is 2.30. The van der Waals surface area contributed by atoms with Gasteiger partial charge in [0.25, 0.3) is 5.91 Å². The molecule has 0 aromatic heterocycles. The number of nitrogens with one attached hydrogen (secondary N) is 2. The second kappa shape index (κ2) is 10.7. The zero-order valence-corrected chi connectivity index (χ0v) is 20.2. The van der Waals surface area contributed by atoms with E-state index in [1.807, 2.05) is 0 Å². The van der Waals surface area contributed by atoms with Gasteiger partial charge in [-0.15, -0.1) is 0 Å². The number of likely N-dealkylation sites (tertiary alicyclic amines) is 1. The van der Waals surface area contributed by atoms with Gasteiger partial charge in [0.1, 0.15) is 0 Å². The van der Waals surface area contributed by atoms with Crippen LogP contribution in [-0.4, -0.2) is 44.9 Å². The number of rotatable bonds is 7. The minimum absolute atomic E-state index is 0.0247. The smallest absolute Gasteiger partial charge is 0.322 e. The second-order valence-electron chi connectivity index (χ2n) is 9.43. The van der Waals surface area contributed by atoms with Crippen LogP contribution >= 0.6 is 0 Å². The Morgan fingerprint density at radius 1 is 1.00 bits per heavy atom. The van der Waals surface area contributed by atoms with Crippen LogP contribution in [0, 0.1) is 5.92 Å². The van der Waals surface area contributed by atoms with Gasteiger partial charge in [-0.2, -0.15) is 13.2 Å². The molecule has 1 aliphatic heterocycles. The van der Waals surface area contributed by atoms with Gasteiger partial charge in [-0.1, -0.05) is 25.3 Å². The molecule has 2 aliphatic rings. The first-order valence-corrected chi connectivity index (χ1v) is 13.4. The number of alkyl halides is 3. The molecule has 2 fully saturated rings. The van der Waals surface area contributed by atoms with Gasteiger partial charge >= 0.3 is 6.18 Å². The lowest BCUT2D eigenvalue weighted by atomic mass is 9.89. The average Bonchev–Trinajstić information content (AvgIpc) is 3.25. The molecule has 2 aromatic carbocycles. The Balaban J connectivity index is 1.36. The molecule has 35 heavy (non-hydrogen) atoms. The summed E-state index contributed by atoms with van der Waals surface area (Å²) in [5.74, 6) is 0.0836. The average molecular weight is 510 g/mol. The lowest BCUT2D eigenvalue weighted by molar-refractivity contribution is -0.137. The number of carbonyl (C=O) groups excluding carboxylic acids is 1. The topological polar surface area (TPSA) is 78.5 Å². The monoisotopic (exact) mass is 509 g/mol. The molecule has 4 rings (SSSR count). The van der Waals surface area contributed by atoms with Crippen LogP contribution in [0.4, 0.5) is 18.9 Å². The molecule has 1 amide bonds. The molecule has 10 heteroatoms. The van der Waals surface area contributed by atoms with E-state index >= 15 is 0 Å². The summed E-state index contributed by atoms with van der Waals surface area (Å²) in [6.07, 6.45) is 2.61. The summed E-state index contributed by atoms with van der Waals surface area (Å²) in [4.78, 5) is 14.9. The van der Waals surface area contributed by atoms with Crippen molar-refractivity contribution in [2.75, 3.05) is 25.0 Å². The van der Waals surface area contributed by atoms with Crippen molar-refractivity contribution in [3.8, 4) is 0 Å². The minimum atomic E-state index is -4.47. The Bertz CT molecular complexity index is 1130. The maximum atomic E-state index is 13.0. The molecule has 6 nitrogen and oxygen atoms in total. The predicted molar refractivity (Wildman–Crippen MR) is 128 cm³/mol. The van der Waals surface area contributed by atoms with Gasteiger partial charge in [0.2, 0.25) is 10.0 Å². The molecular weight excluding hydrogens is 479 g/mol. The van der Waals surface area contributed by atoms with E-state index in [0.717, 1.165) is 43.8 Å². The molecule has 0 spiro atoms. The lowest BCUT2D eigenvalue weighted by Gasteiger charge is -2.26. The molecule has 190 valence electrons. The number of hydrogen-bond acceptors (Lipinski definition) is 4. The lowest BCUT2D eigenvalue weighted by Crippen LogP contribution is -2.38. The van der Waals surface area contributed by atoms with Crippen LogP contribution in [0.25, 0.3) is 0 Å². The normalized spacial score (nSPS) is 20.1. The third-order valence-corrected chi connectivity index (χ3v) is 8.23. The fourth-order valence-electron chi connectivity index (χ4n) is 4.87. The first-order chi connectivity index (χ1) is 16.6. The van der Waals surface area contributed by atoms with Crippen molar-refractivity contribution < 1.29 is 26.4 Å². The van der Waals surface area contributed by atoms with Gasteiger partial charge in [-0.05, 0) is 74.2 Å². The van der Waals surface area contributed by atoms with Crippen LogP contribution in [0.5, 0.6) is 0 Å². The predicted octanol–water partition coefficient (Wildman–Crippen LogP) is 4.89. The Hall–Kier alpha value is -2.43. The van der Waals surface area contributed by atoms with Crippen molar-refractivity contribution in [2.24, 2.45) is 5.92 Å². The summed E-state index contributed by atoms with van der Waals surface area (Å²) in [6, 6.07) is 9.50. The third-order valence-electron chi connectivity index (χ3n) is 6.71. The molecule has 2 N–H and O–H groups in total. The van der Waals surface area contributed by atoms with E-state index in [1.165, 1.54) is 56.4 Å². The molecule has 0 bridgehead atoms. The Morgan fingerprint density at radius 2 is 1.71 bits per heavy atom. The number of carbonyl (C=O) groups is 1. The highest BCUT2D eigenvalue weighted by atomic mass is 32.2. The highest BCUT2D eigenvalue weighted by Gasteiger charge is 2.31. The van der Waals surface area contributed by atoms with Crippen LogP contribution in [0.1, 0.15) is 54.4 Å². The van der Waals surface area contributed by atoms with Crippen molar-refractivity contribution in [1.82, 2.24) is 9.62 Å². The van der Waals surface area contributed by atoms with E-state index in [9.17, 15) is 26.4 Å². The summed E-state index contributed by atoms with van der Waals surface area (Å²) >= 11 is 0. The van der Waals surface area contributed by atoms with Crippen LogP contribution < -0.4 is 10.0 Å². The molecule has 0 radical (unpaired) electrons. The van der Waals surface area contributed by atoms with Gasteiger partial charge in [0.05, 0.1) is 10.5 Å².